The van der Waals surface area contributed by atoms with E-state index in [-0.39, 0.29) is 24.4 Å². The van der Waals surface area contributed by atoms with E-state index in [1.54, 1.807) is 12.1 Å². The maximum atomic E-state index is 12.9. The number of furan rings is 1. The highest BCUT2D eigenvalue weighted by atomic mass is 32.1. The topological polar surface area (TPSA) is 77.8 Å². The second-order valence-electron chi connectivity index (χ2n) is 8.55. The Bertz CT molecular complexity index is 1140. The highest BCUT2D eigenvalue weighted by Crippen LogP contribution is 2.39. The largest absolute Gasteiger partial charge is 0.486 e. The number of aryl methyl sites for hydroxylation is 2. The molecule has 1 N–H and O–H groups in total. The van der Waals surface area contributed by atoms with E-state index in [9.17, 15) is 9.59 Å². The molecule has 0 aliphatic heterocycles. The van der Waals surface area contributed by atoms with Crippen LogP contribution in [0.1, 0.15) is 82.7 Å². The van der Waals surface area contributed by atoms with Gasteiger partial charge in [0.1, 0.15) is 23.1 Å². The Kier molecular flexibility index (Phi) is 7.73. The van der Waals surface area contributed by atoms with E-state index < -0.39 is 5.91 Å². The summed E-state index contributed by atoms with van der Waals surface area (Å²) >= 11 is 1.47. The van der Waals surface area contributed by atoms with Gasteiger partial charge < -0.3 is 19.2 Å². The van der Waals surface area contributed by atoms with Crippen molar-refractivity contribution in [3.05, 3.63) is 69.5 Å². The van der Waals surface area contributed by atoms with Crippen LogP contribution in [0.4, 0.5) is 5.00 Å². The summed E-state index contributed by atoms with van der Waals surface area (Å²) in [6.07, 6.45) is 5.39. The van der Waals surface area contributed by atoms with Gasteiger partial charge in [0.15, 0.2) is 5.76 Å². The van der Waals surface area contributed by atoms with Crippen molar-refractivity contribution >= 4 is 28.2 Å². The lowest BCUT2D eigenvalue weighted by Crippen LogP contribution is -2.18. The summed E-state index contributed by atoms with van der Waals surface area (Å²) in [5, 5.41) is 3.44. The van der Waals surface area contributed by atoms with Gasteiger partial charge in [0.25, 0.3) is 5.91 Å². The molecule has 1 aliphatic rings. The predicted molar refractivity (Wildman–Crippen MR) is 133 cm³/mol. The molecule has 0 saturated carbocycles. The molecule has 0 radical (unpaired) electrons. The van der Waals surface area contributed by atoms with Gasteiger partial charge in [-0.3, -0.25) is 4.79 Å². The zero-order valence-electron chi connectivity index (χ0n) is 19.9. The Labute approximate surface area is 204 Å². The molecule has 1 aromatic carbocycles. The standard InChI is InChI=1S/C27H31NO5S/c1-4-17(3)32-27(30)24-21-8-6-7-9-23(21)34-26(24)28-25(29)22-15-14-20(33-22)16-31-19-12-10-18(5-2)11-13-19/h10-15,17H,4-9,16H2,1-3H3,(H,28,29). The third-order valence-electron chi connectivity index (χ3n) is 6.08. The Balaban J connectivity index is 1.45. The average molecular weight is 482 g/mol. The van der Waals surface area contributed by atoms with Crippen molar-refractivity contribution in [2.75, 3.05) is 5.32 Å². The van der Waals surface area contributed by atoms with E-state index in [0.717, 1.165) is 54.7 Å². The molecule has 1 aliphatic carbocycles. The van der Waals surface area contributed by atoms with Crippen LogP contribution in [0.15, 0.2) is 40.8 Å². The number of anilines is 1. The lowest BCUT2D eigenvalue weighted by Gasteiger charge is -2.15. The zero-order chi connectivity index (χ0) is 24.1. The van der Waals surface area contributed by atoms with E-state index in [4.69, 9.17) is 13.9 Å². The molecule has 2 heterocycles. The van der Waals surface area contributed by atoms with Crippen LogP contribution < -0.4 is 10.1 Å². The lowest BCUT2D eigenvalue weighted by atomic mass is 9.95. The van der Waals surface area contributed by atoms with Crippen molar-refractivity contribution < 1.29 is 23.5 Å². The average Bonchev–Trinajstić information content (AvgIpc) is 3.47. The molecule has 4 rings (SSSR count). The van der Waals surface area contributed by atoms with Gasteiger partial charge in [0.05, 0.1) is 11.7 Å². The third kappa shape index (κ3) is 5.53. The molecule has 2 aromatic heterocycles. The maximum absolute atomic E-state index is 12.9. The number of nitrogens with one attached hydrogen (secondary N) is 1. The number of rotatable bonds is 9. The van der Waals surface area contributed by atoms with Gasteiger partial charge in [0, 0.05) is 4.88 Å². The van der Waals surface area contributed by atoms with Crippen LogP contribution in [-0.4, -0.2) is 18.0 Å². The molecule has 0 spiro atoms. The molecule has 34 heavy (non-hydrogen) atoms. The van der Waals surface area contributed by atoms with Crippen LogP contribution in [-0.2, 0) is 30.6 Å². The quantitative estimate of drug-likeness (QED) is 0.350. The summed E-state index contributed by atoms with van der Waals surface area (Å²) in [6, 6.07) is 11.3. The lowest BCUT2D eigenvalue weighted by molar-refractivity contribution is 0.0335. The maximum Gasteiger partial charge on any atom is 0.341 e. The Morgan fingerprint density at radius 2 is 1.85 bits per heavy atom. The van der Waals surface area contributed by atoms with E-state index in [0.29, 0.717) is 16.3 Å². The molecule has 1 atom stereocenters. The van der Waals surface area contributed by atoms with Crippen LogP contribution in [0.5, 0.6) is 5.75 Å². The number of hydrogen-bond donors (Lipinski definition) is 1. The fraction of sp³-hybridized carbons (Fsp3) is 0.407. The summed E-state index contributed by atoms with van der Waals surface area (Å²) in [7, 11) is 0. The van der Waals surface area contributed by atoms with E-state index >= 15 is 0 Å². The van der Waals surface area contributed by atoms with Gasteiger partial charge in [-0.25, -0.2) is 4.79 Å². The minimum Gasteiger partial charge on any atom is -0.486 e. The van der Waals surface area contributed by atoms with Crippen molar-refractivity contribution in [3.8, 4) is 5.75 Å². The summed E-state index contributed by atoms with van der Waals surface area (Å²) in [4.78, 5) is 27.0. The van der Waals surface area contributed by atoms with Crippen molar-refractivity contribution in [2.24, 2.45) is 0 Å². The minimum atomic E-state index is -0.394. The number of benzene rings is 1. The number of esters is 1. The molecule has 1 unspecified atom stereocenters. The van der Waals surface area contributed by atoms with E-state index in [2.05, 4.69) is 12.2 Å². The van der Waals surface area contributed by atoms with Crippen LogP contribution in [0.3, 0.4) is 0 Å². The van der Waals surface area contributed by atoms with Crippen molar-refractivity contribution in [1.82, 2.24) is 0 Å². The number of fused-ring (bicyclic) bond motifs is 1. The monoisotopic (exact) mass is 481 g/mol. The van der Waals surface area contributed by atoms with E-state index in [1.807, 2.05) is 38.1 Å². The number of ether oxygens (including phenoxy) is 2. The molecule has 1 amide bonds. The molecule has 3 aromatic rings. The molecular weight excluding hydrogens is 450 g/mol. The van der Waals surface area contributed by atoms with Gasteiger partial charge in [-0.1, -0.05) is 26.0 Å². The Morgan fingerprint density at radius 1 is 1.09 bits per heavy atom. The molecule has 0 saturated heterocycles. The highest BCUT2D eigenvalue weighted by molar-refractivity contribution is 7.17. The van der Waals surface area contributed by atoms with Crippen LogP contribution in [0, 0.1) is 0 Å². The summed E-state index contributed by atoms with van der Waals surface area (Å²) in [5.74, 6) is 0.703. The van der Waals surface area contributed by atoms with Crippen molar-refractivity contribution in [2.45, 2.75) is 72.0 Å². The number of carbonyl (C=O) groups is 2. The van der Waals surface area contributed by atoms with Crippen LogP contribution in [0.25, 0.3) is 0 Å². The fourth-order valence-electron chi connectivity index (χ4n) is 3.91. The van der Waals surface area contributed by atoms with Gasteiger partial charge in [-0.05, 0) is 80.8 Å². The molecule has 6 nitrogen and oxygen atoms in total. The first kappa shape index (κ1) is 24.1. The van der Waals surface area contributed by atoms with Gasteiger partial charge >= 0.3 is 5.97 Å². The number of amides is 1. The number of hydrogen-bond acceptors (Lipinski definition) is 6. The first-order valence-electron chi connectivity index (χ1n) is 12.0. The number of thiophene rings is 1. The molecule has 0 bridgehead atoms. The fourth-order valence-corrected chi connectivity index (χ4v) is 5.19. The van der Waals surface area contributed by atoms with Gasteiger partial charge in [-0.2, -0.15) is 0 Å². The molecule has 7 heteroatoms. The number of carbonyl (C=O) groups excluding carboxylic acids is 2. The first-order chi connectivity index (χ1) is 16.5. The SMILES string of the molecule is CCc1ccc(OCc2ccc(C(=O)Nc3sc4c(c3C(=O)OC(C)CC)CCCC4)o2)cc1. The summed E-state index contributed by atoms with van der Waals surface area (Å²) in [6.45, 7) is 6.18. The zero-order valence-corrected chi connectivity index (χ0v) is 20.8. The second kappa shape index (κ2) is 10.9. The van der Waals surface area contributed by atoms with Crippen LogP contribution in [0.2, 0.25) is 0 Å². The van der Waals surface area contributed by atoms with Gasteiger partial charge in [-0.15, -0.1) is 11.3 Å². The molecule has 180 valence electrons. The highest BCUT2D eigenvalue weighted by Gasteiger charge is 2.28. The molecule has 0 fully saturated rings. The Morgan fingerprint density at radius 3 is 2.59 bits per heavy atom. The van der Waals surface area contributed by atoms with Crippen molar-refractivity contribution in [1.29, 1.82) is 0 Å². The third-order valence-corrected chi connectivity index (χ3v) is 7.29. The predicted octanol–water partition coefficient (Wildman–Crippen LogP) is 6.57. The second-order valence-corrected chi connectivity index (χ2v) is 9.65. The minimum absolute atomic E-state index is 0.174. The normalized spacial score (nSPS) is 13.7. The van der Waals surface area contributed by atoms with Gasteiger partial charge in [0.2, 0.25) is 0 Å². The first-order valence-corrected chi connectivity index (χ1v) is 12.8. The summed E-state index contributed by atoms with van der Waals surface area (Å²) in [5.41, 5.74) is 2.76. The van der Waals surface area contributed by atoms with Crippen molar-refractivity contribution in [3.63, 3.8) is 0 Å². The van der Waals surface area contributed by atoms with E-state index in [1.165, 1.54) is 16.9 Å². The summed E-state index contributed by atoms with van der Waals surface area (Å²) < 4.78 is 17.1. The Hall–Kier alpha value is -3.06. The molecular formula is C27H31NO5S. The van der Waals surface area contributed by atoms with Crippen LogP contribution >= 0.6 is 11.3 Å². The smallest absolute Gasteiger partial charge is 0.341 e.